The van der Waals surface area contributed by atoms with Crippen molar-refractivity contribution in [1.29, 1.82) is 0 Å². The first-order chi connectivity index (χ1) is 18.2. The van der Waals surface area contributed by atoms with E-state index in [0.717, 1.165) is 75.2 Å². The van der Waals surface area contributed by atoms with Crippen LogP contribution in [-0.4, -0.2) is 43.1 Å². The molecular weight excluding hydrogens is 463 g/mol. The molecule has 1 aliphatic rings. The lowest BCUT2D eigenvalue weighted by atomic mass is 10.0. The number of fused-ring (bicyclic) bond motifs is 2. The second-order valence-corrected chi connectivity index (χ2v) is 9.71. The largest absolute Gasteiger partial charge is 0.353 e. The van der Waals surface area contributed by atoms with Crippen LogP contribution in [0.3, 0.4) is 0 Å². The number of likely N-dealkylation sites (tertiary alicyclic amines) is 1. The van der Waals surface area contributed by atoms with Gasteiger partial charge in [-0.05, 0) is 79.0 Å². The number of rotatable bonds is 5. The molecule has 6 aromatic rings. The lowest BCUT2D eigenvalue weighted by Crippen LogP contribution is -2.18. The van der Waals surface area contributed by atoms with Crippen LogP contribution in [0.25, 0.3) is 55.6 Å². The van der Waals surface area contributed by atoms with Gasteiger partial charge in [0.05, 0.1) is 23.1 Å². The number of benzene rings is 2. The first kappa shape index (κ1) is 21.9. The fourth-order valence-electron chi connectivity index (χ4n) is 5.38. The van der Waals surface area contributed by atoms with Crippen molar-refractivity contribution >= 4 is 21.8 Å². The Bertz CT molecular complexity index is 1740. The van der Waals surface area contributed by atoms with Crippen molar-refractivity contribution in [3.8, 4) is 33.8 Å². The Morgan fingerprint density at radius 2 is 1.73 bits per heavy atom. The molecule has 0 aliphatic carbocycles. The smallest absolute Gasteiger partial charge is 0.123 e. The predicted octanol–water partition coefficient (Wildman–Crippen LogP) is 6.57. The number of halogens is 1. The van der Waals surface area contributed by atoms with Gasteiger partial charge in [-0.1, -0.05) is 24.3 Å². The second-order valence-electron chi connectivity index (χ2n) is 9.71. The molecule has 1 fully saturated rings. The third kappa shape index (κ3) is 4.07. The van der Waals surface area contributed by atoms with Gasteiger partial charge in [0.2, 0.25) is 0 Å². The van der Waals surface area contributed by atoms with Crippen LogP contribution in [0.2, 0.25) is 0 Å². The maximum absolute atomic E-state index is 13.9. The van der Waals surface area contributed by atoms with Crippen molar-refractivity contribution in [3.63, 3.8) is 0 Å². The van der Waals surface area contributed by atoms with E-state index in [1.54, 1.807) is 12.1 Å². The monoisotopic (exact) mass is 488 g/mol. The van der Waals surface area contributed by atoms with Crippen LogP contribution in [0.1, 0.15) is 18.4 Å². The molecule has 2 N–H and O–H groups in total. The highest BCUT2D eigenvalue weighted by molar-refractivity contribution is 6.01. The molecule has 182 valence electrons. The third-order valence-corrected chi connectivity index (χ3v) is 7.20. The summed E-state index contributed by atoms with van der Waals surface area (Å²) in [7, 11) is 0. The maximum atomic E-state index is 13.9. The number of pyridine rings is 2. The molecule has 1 saturated heterocycles. The zero-order valence-electron chi connectivity index (χ0n) is 20.2. The standard InChI is InChI=1S/C30H25FN6/c31-22-6-3-5-20(12-22)23-7-4-8-26-24(23)13-28(34-26)30-25-14-27(33-17-29(25)35-36-30)21-11-19(15-32-16-21)18-37-9-1-2-10-37/h3-8,11-17,34H,1-2,9-10,18H2,(H,35,36). The fourth-order valence-corrected chi connectivity index (χ4v) is 5.38. The first-order valence-electron chi connectivity index (χ1n) is 12.6. The molecule has 4 aromatic heterocycles. The number of nitrogens with zero attached hydrogens (tertiary/aromatic N) is 4. The van der Waals surface area contributed by atoms with Gasteiger partial charge >= 0.3 is 0 Å². The summed E-state index contributed by atoms with van der Waals surface area (Å²) in [6, 6.07) is 19.1. The number of nitrogens with one attached hydrogen (secondary N) is 2. The van der Waals surface area contributed by atoms with Crippen LogP contribution >= 0.6 is 0 Å². The summed E-state index contributed by atoms with van der Waals surface area (Å²) in [5.74, 6) is -0.248. The van der Waals surface area contributed by atoms with Crippen molar-refractivity contribution in [1.82, 2.24) is 30.0 Å². The number of hydrogen-bond donors (Lipinski definition) is 2. The summed E-state index contributed by atoms with van der Waals surface area (Å²) in [5, 5.41) is 9.74. The van der Waals surface area contributed by atoms with Gasteiger partial charge in [-0.15, -0.1) is 0 Å². The maximum Gasteiger partial charge on any atom is 0.123 e. The van der Waals surface area contributed by atoms with Gasteiger partial charge in [0.1, 0.15) is 11.5 Å². The van der Waals surface area contributed by atoms with E-state index in [2.05, 4.69) is 43.3 Å². The molecule has 2 aromatic carbocycles. The molecule has 0 amide bonds. The van der Waals surface area contributed by atoms with E-state index in [9.17, 15) is 4.39 Å². The molecule has 0 unspecified atom stereocenters. The van der Waals surface area contributed by atoms with Gasteiger partial charge < -0.3 is 4.98 Å². The number of hydrogen-bond acceptors (Lipinski definition) is 4. The molecule has 0 saturated carbocycles. The third-order valence-electron chi connectivity index (χ3n) is 7.20. The molecule has 5 heterocycles. The van der Waals surface area contributed by atoms with Crippen LogP contribution in [0.15, 0.2) is 79.3 Å². The summed E-state index contributed by atoms with van der Waals surface area (Å²) >= 11 is 0. The zero-order chi connectivity index (χ0) is 24.8. The number of aromatic amines is 2. The normalized spacial score (nSPS) is 14.2. The molecule has 0 radical (unpaired) electrons. The summed E-state index contributed by atoms with van der Waals surface area (Å²) in [5.41, 5.74) is 8.43. The fraction of sp³-hybridized carbons (Fsp3) is 0.167. The summed E-state index contributed by atoms with van der Waals surface area (Å²) < 4.78 is 13.9. The van der Waals surface area contributed by atoms with E-state index >= 15 is 0 Å². The average Bonchev–Trinajstić information content (AvgIpc) is 3.67. The van der Waals surface area contributed by atoms with E-state index in [1.807, 2.05) is 42.9 Å². The van der Waals surface area contributed by atoms with Gasteiger partial charge in [0.15, 0.2) is 0 Å². The Labute approximate surface area is 213 Å². The molecule has 6 nitrogen and oxygen atoms in total. The van der Waals surface area contributed by atoms with Crippen molar-refractivity contribution < 1.29 is 4.39 Å². The van der Waals surface area contributed by atoms with Crippen molar-refractivity contribution in [2.75, 3.05) is 13.1 Å². The first-order valence-corrected chi connectivity index (χ1v) is 12.6. The Morgan fingerprint density at radius 3 is 2.62 bits per heavy atom. The van der Waals surface area contributed by atoms with E-state index in [0.29, 0.717) is 0 Å². The van der Waals surface area contributed by atoms with Gasteiger partial charge in [0, 0.05) is 40.8 Å². The molecular formula is C30H25FN6. The van der Waals surface area contributed by atoms with Crippen molar-refractivity contribution in [2.45, 2.75) is 19.4 Å². The minimum Gasteiger partial charge on any atom is -0.353 e. The number of H-pyrrole nitrogens is 2. The van der Waals surface area contributed by atoms with Gasteiger partial charge in [-0.25, -0.2) is 4.39 Å². The van der Waals surface area contributed by atoms with Crippen LogP contribution < -0.4 is 0 Å². The Balaban J connectivity index is 1.28. The molecule has 37 heavy (non-hydrogen) atoms. The van der Waals surface area contributed by atoms with Crippen LogP contribution in [-0.2, 0) is 6.54 Å². The second kappa shape index (κ2) is 8.94. The van der Waals surface area contributed by atoms with Gasteiger partial charge in [0.25, 0.3) is 0 Å². The minimum absolute atomic E-state index is 0.248. The topological polar surface area (TPSA) is 73.5 Å². The van der Waals surface area contributed by atoms with Crippen LogP contribution in [0, 0.1) is 5.82 Å². The minimum atomic E-state index is -0.248. The molecule has 0 bridgehead atoms. The van der Waals surface area contributed by atoms with Crippen LogP contribution in [0.5, 0.6) is 0 Å². The van der Waals surface area contributed by atoms with Crippen LogP contribution in [0.4, 0.5) is 4.39 Å². The molecule has 1 aliphatic heterocycles. The zero-order valence-corrected chi connectivity index (χ0v) is 20.2. The van der Waals surface area contributed by atoms with E-state index < -0.39 is 0 Å². The van der Waals surface area contributed by atoms with E-state index in [-0.39, 0.29) is 5.82 Å². The lowest BCUT2D eigenvalue weighted by Gasteiger charge is -2.14. The molecule has 7 rings (SSSR count). The van der Waals surface area contributed by atoms with Crippen molar-refractivity contribution in [2.24, 2.45) is 0 Å². The quantitative estimate of drug-likeness (QED) is 0.288. The number of aromatic nitrogens is 5. The molecule has 7 heteroatoms. The predicted molar refractivity (Wildman–Crippen MR) is 144 cm³/mol. The Kier molecular flexibility index (Phi) is 5.29. The lowest BCUT2D eigenvalue weighted by molar-refractivity contribution is 0.331. The summed E-state index contributed by atoms with van der Waals surface area (Å²) in [6.45, 7) is 3.22. The SMILES string of the molecule is Fc1cccc(-c2cccc3[nH]c(-c4n[nH]c5cnc(-c6cncc(CN7CCCC7)c6)cc45)cc23)c1. The van der Waals surface area contributed by atoms with Gasteiger partial charge in [-0.2, -0.15) is 5.10 Å². The van der Waals surface area contributed by atoms with Gasteiger partial charge in [-0.3, -0.25) is 20.0 Å². The molecule has 0 spiro atoms. The highest BCUT2D eigenvalue weighted by Crippen LogP contribution is 2.35. The highest BCUT2D eigenvalue weighted by atomic mass is 19.1. The van der Waals surface area contributed by atoms with E-state index in [1.165, 1.54) is 24.5 Å². The summed E-state index contributed by atoms with van der Waals surface area (Å²) in [6.07, 6.45) is 8.19. The van der Waals surface area contributed by atoms with Crippen molar-refractivity contribution in [3.05, 3.63) is 90.6 Å². The highest BCUT2D eigenvalue weighted by Gasteiger charge is 2.16. The average molecular weight is 489 g/mol. The Hall–Kier alpha value is -4.36. The van der Waals surface area contributed by atoms with E-state index in [4.69, 9.17) is 4.98 Å². The Morgan fingerprint density at radius 1 is 0.838 bits per heavy atom. The summed E-state index contributed by atoms with van der Waals surface area (Å²) in [4.78, 5) is 15.2. The molecule has 0 atom stereocenters.